The number of hydrogen-bond donors (Lipinski definition) is 0. The lowest BCUT2D eigenvalue weighted by molar-refractivity contribution is -0.141. The second kappa shape index (κ2) is 6.33. The van der Waals surface area contributed by atoms with Gasteiger partial charge in [0.1, 0.15) is 17.6 Å². The van der Waals surface area contributed by atoms with E-state index < -0.39 is 11.9 Å². The fraction of sp³-hybridized carbons (Fsp3) is 0.600. The molecule has 114 valence electrons. The first-order chi connectivity index (χ1) is 9.95. The van der Waals surface area contributed by atoms with Crippen LogP contribution < -0.4 is 4.90 Å². The van der Waals surface area contributed by atoms with E-state index in [1.165, 1.54) is 6.07 Å². The Labute approximate surface area is 122 Å². The van der Waals surface area contributed by atoms with Gasteiger partial charge in [0.25, 0.3) is 0 Å². The molecule has 1 aliphatic heterocycles. The molecule has 0 aliphatic carbocycles. The summed E-state index contributed by atoms with van der Waals surface area (Å²) in [6.45, 7) is 3.45. The van der Waals surface area contributed by atoms with Crippen LogP contribution in [0.1, 0.15) is 43.9 Å². The number of halogens is 3. The molecule has 6 heteroatoms. The van der Waals surface area contributed by atoms with Crippen LogP contribution in [0.15, 0.2) is 12.1 Å². The Morgan fingerprint density at radius 3 is 2.52 bits per heavy atom. The molecule has 1 aromatic rings. The molecule has 0 aromatic carbocycles. The minimum Gasteiger partial charge on any atom is -0.355 e. The Bertz CT molecular complexity index is 526. The number of aromatic nitrogens is 1. The van der Waals surface area contributed by atoms with Gasteiger partial charge in [-0.3, -0.25) is 0 Å². The summed E-state index contributed by atoms with van der Waals surface area (Å²) in [5.41, 5.74) is -0.732. The number of piperidine rings is 1. The summed E-state index contributed by atoms with van der Waals surface area (Å²) in [7, 11) is 0. The zero-order chi connectivity index (χ0) is 15.5. The largest absolute Gasteiger partial charge is 0.433 e. The van der Waals surface area contributed by atoms with Gasteiger partial charge in [0.2, 0.25) is 0 Å². The highest BCUT2D eigenvalue weighted by Gasteiger charge is 2.34. The van der Waals surface area contributed by atoms with Crippen molar-refractivity contribution in [3.8, 4) is 6.07 Å². The van der Waals surface area contributed by atoms with Crippen molar-refractivity contribution in [2.45, 2.75) is 38.8 Å². The molecule has 0 bridgehead atoms. The number of nitriles is 1. The van der Waals surface area contributed by atoms with E-state index in [2.05, 4.69) is 11.9 Å². The molecule has 0 amide bonds. The molecule has 1 saturated heterocycles. The van der Waals surface area contributed by atoms with Crippen LogP contribution >= 0.6 is 0 Å². The van der Waals surface area contributed by atoms with Crippen LogP contribution in [0.25, 0.3) is 0 Å². The predicted molar refractivity (Wildman–Crippen MR) is 73.8 cm³/mol. The zero-order valence-electron chi connectivity index (χ0n) is 12.0. The standard InChI is InChI=1S/C15H18F3N3/c1-2-3-11-6-8-21(9-7-11)14-12(10-19)4-5-13(20-14)15(16,17)18/h4-5,11H,2-3,6-9H2,1H3. The van der Waals surface area contributed by atoms with Gasteiger partial charge < -0.3 is 4.90 Å². The number of rotatable bonds is 3. The van der Waals surface area contributed by atoms with Crippen LogP contribution in [0, 0.1) is 17.2 Å². The molecule has 3 nitrogen and oxygen atoms in total. The summed E-state index contributed by atoms with van der Waals surface area (Å²) in [6.07, 6.45) is -0.332. The molecule has 0 N–H and O–H groups in total. The maximum Gasteiger partial charge on any atom is 0.433 e. The van der Waals surface area contributed by atoms with E-state index in [9.17, 15) is 13.2 Å². The van der Waals surface area contributed by atoms with Crippen LogP contribution in [0.5, 0.6) is 0 Å². The maximum atomic E-state index is 12.8. The zero-order valence-corrected chi connectivity index (χ0v) is 12.0. The van der Waals surface area contributed by atoms with Crippen molar-refractivity contribution in [3.05, 3.63) is 23.4 Å². The maximum absolute atomic E-state index is 12.8. The van der Waals surface area contributed by atoms with Gasteiger partial charge in [-0.25, -0.2) is 4.98 Å². The SMILES string of the molecule is CCCC1CCN(c2nc(C(F)(F)F)ccc2C#N)CC1. The lowest BCUT2D eigenvalue weighted by atomic mass is 9.92. The minimum atomic E-state index is -4.48. The van der Waals surface area contributed by atoms with Crippen molar-refractivity contribution in [1.29, 1.82) is 5.26 Å². The van der Waals surface area contributed by atoms with Crippen molar-refractivity contribution in [1.82, 2.24) is 4.98 Å². The van der Waals surface area contributed by atoms with Gasteiger partial charge >= 0.3 is 6.18 Å². The molecule has 0 saturated carbocycles. The summed E-state index contributed by atoms with van der Waals surface area (Å²) >= 11 is 0. The number of anilines is 1. The Kier molecular flexibility index (Phi) is 4.71. The molecule has 21 heavy (non-hydrogen) atoms. The Balaban J connectivity index is 2.21. The van der Waals surface area contributed by atoms with E-state index in [-0.39, 0.29) is 11.4 Å². The van der Waals surface area contributed by atoms with Gasteiger partial charge in [0.05, 0.1) is 5.56 Å². The molecule has 0 spiro atoms. The molecule has 0 radical (unpaired) electrons. The minimum absolute atomic E-state index is 0.169. The normalized spacial score (nSPS) is 16.8. The molecule has 1 fully saturated rings. The summed E-state index contributed by atoms with van der Waals surface area (Å²) in [6, 6.07) is 4.01. The lowest BCUT2D eigenvalue weighted by Crippen LogP contribution is -2.35. The van der Waals surface area contributed by atoms with Gasteiger partial charge in [-0.1, -0.05) is 19.8 Å². The van der Waals surface area contributed by atoms with Gasteiger partial charge in [0, 0.05) is 13.1 Å². The smallest absolute Gasteiger partial charge is 0.355 e. The fourth-order valence-corrected chi connectivity index (χ4v) is 2.78. The molecule has 2 rings (SSSR count). The highest BCUT2D eigenvalue weighted by Crippen LogP contribution is 2.32. The average Bonchev–Trinajstić information content (AvgIpc) is 2.47. The van der Waals surface area contributed by atoms with Gasteiger partial charge in [-0.15, -0.1) is 0 Å². The van der Waals surface area contributed by atoms with E-state index in [0.29, 0.717) is 19.0 Å². The summed E-state index contributed by atoms with van der Waals surface area (Å²) < 4.78 is 38.3. The van der Waals surface area contributed by atoms with E-state index >= 15 is 0 Å². The predicted octanol–water partition coefficient (Wildman–Crippen LogP) is 3.99. The first-order valence-electron chi connectivity index (χ1n) is 7.19. The molecule has 0 atom stereocenters. The van der Waals surface area contributed by atoms with E-state index in [0.717, 1.165) is 31.7 Å². The number of nitrogens with zero attached hydrogens (tertiary/aromatic N) is 3. The van der Waals surface area contributed by atoms with Gasteiger partial charge in [-0.05, 0) is 30.9 Å². The van der Waals surface area contributed by atoms with Crippen LogP contribution in [-0.4, -0.2) is 18.1 Å². The Morgan fingerprint density at radius 2 is 2.00 bits per heavy atom. The molecule has 1 aromatic heterocycles. The number of alkyl halides is 3. The van der Waals surface area contributed by atoms with Crippen LogP contribution in [0.2, 0.25) is 0 Å². The van der Waals surface area contributed by atoms with Crippen molar-refractivity contribution < 1.29 is 13.2 Å². The van der Waals surface area contributed by atoms with E-state index in [1.807, 2.05) is 6.07 Å². The fourth-order valence-electron chi connectivity index (χ4n) is 2.78. The first-order valence-corrected chi connectivity index (χ1v) is 7.19. The second-order valence-electron chi connectivity index (χ2n) is 5.40. The third-order valence-corrected chi connectivity index (χ3v) is 3.90. The Morgan fingerprint density at radius 1 is 1.33 bits per heavy atom. The highest BCUT2D eigenvalue weighted by atomic mass is 19.4. The molecular weight excluding hydrogens is 279 g/mol. The van der Waals surface area contributed by atoms with Crippen molar-refractivity contribution >= 4 is 5.82 Å². The van der Waals surface area contributed by atoms with Gasteiger partial charge in [0.15, 0.2) is 0 Å². The first kappa shape index (κ1) is 15.6. The molecular formula is C15H18F3N3. The summed E-state index contributed by atoms with van der Waals surface area (Å²) in [5, 5.41) is 9.08. The lowest BCUT2D eigenvalue weighted by Gasteiger charge is -2.33. The monoisotopic (exact) mass is 297 g/mol. The van der Waals surface area contributed by atoms with Crippen molar-refractivity contribution in [2.75, 3.05) is 18.0 Å². The van der Waals surface area contributed by atoms with Gasteiger partial charge in [-0.2, -0.15) is 18.4 Å². The van der Waals surface area contributed by atoms with E-state index in [4.69, 9.17) is 5.26 Å². The van der Waals surface area contributed by atoms with Crippen molar-refractivity contribution in [3.63, 3.8) is 0 Å². The van der Waals surface area contributed by atoms with Crippen molar-refractivity contribution in [2.24, 2.45) is 5.92 Å². The highest BCUT2D eigenvalue weighted by molar-refractivity contribution is 5.54. The molecule has 0 unspecified atom stereocenters. The molecule has 2 heterocycles. The Hall–Kier alpha value is -1.77. The van der Waals surface area contributed by atoms with Crippen LogP contribution in [0.3, 0.4) is 0 Å². The summed E-state index contributed by atoms with van der Waals surface area (Å²) in [4.78, 5) is 5.49. The van der Waals surface area contributed by atoms with E-state index in [1.54, 1.807) is 4.90 Å². The molecule has 1 aliphatic rings. The average molecular weight is 297 g/mol. The summed E-state index contributed by atoms with van der Waals surface area (Å²) in [5.74, 6) is 0.796. The third-order valence-electron chi connectivity index (χ3n) is 3.90. The second-order valence-corrected chi connectivity index (χ2v) is 5.40. The quantitative estimate of drug-likeness (QED) is 0.847. The number of hydrogen-bond acceptors (Lipinski definition) is 3. The van der Waals surface area contributed by atoms with Crippen LogP contribution in [0.4, 0.5) is 19.0 Å². The topological polar surface area (TPSA) is 39.9 Å². The third kappa shape index (κ3) is 3.66. The number of pyridine rings is 1. The van der Waals surface area contributed by atoms with Crippen LogP contribution in [-0.2, 0) is 6.18 Å².